The Hall–Kier alpha value is -1.85. The van der Waals surface area contributed by atoms with E-state index in [1.54, 1.807) is 30.6 Å². The molecular weight excluding hydrogens is 225 g/mol. The Morgan fingerprint density at radius 2 is 2.06 bits per heavy atom. The fourth-order valence-electron chi connectivity index (χ4n) is 1.44. The van der Waals surface area contributed by atoms with Crippen LogP contribution in [0.1, 0.15) is 5.56 Å². The van der Waals surface area contributed by atoms with Crippen LogP contribution in [0.25, 0.3) is 11.1 Å². The SMILES string of the molecule is C#Cc1ccncc1-c1ccc(Cl)cc1F. The van der Waals surface area contributed by atoms with Gasteiger partial charge in [-0.1, -0.05) is 17.5 Å². The second-order valence-corrected chi connectivity index (χ2v) is 3.63. The summed E-state index contributed by atoms with van der Waals surface area (Å²) in [4.78, 5) is 3.94. The van der Waals surface area contributed by atoms with Gasteiger partial charge in [-0.15, -0.1) is 6.42 Å². The summed E-state index contributed by atoms with van der Waals surface area (Å²) >= 11 is 5.68. The number of hydrogen-bond donors (Lipinski definition) is 0. The van der Waals surface area contributed by atoms with Gasteiger partial charge in [0.15, 0.2) is 0 Å². The molecule has 78 valence electrons. The Morgan fingerprint density at radius 3 is 2.75 bits per heavy atom. The van der Waals surface area contributed by atoms with Gasteiger partial charge in [0.05, 0.1) is 0 Å². The summed E-state index contributed by atoms with van der Waals surface area (Å²) in [6.07, 6.45) is 8.46. The van der Waals surface area contributed by atoms with E-state index in [4.69, 9.17) is 18.0 Å². The molecule has 0 unspecified atom stereocenters. The van der Waals surface area contributed by atoms with Crippen LogP contribution in [0, 0.1) is 18.2 Å². The lowest BCUT2D eigenvalue weighted by atomic mass is 10.0. The van der Waals surface area contributed by atoms with Gasteiger partial charge < -0.3 is 0 Å². The number of nitrogens with zero attached hydrogens (tertiary/aromatic N) is 1. The number of pyridine rings is 1. The maximum absolute atomic E-state index is 13.7. The lowest BCUT2D eigenvalue weighted by Crippen LogP contribution is -1.89. The molecule has 1 heterocycles. The van der Waals surface area contributed by atoms with E-state index in [-0.39, 0.29) is 0 Å². The Morgan fingerprint density at radius 1 is 1.25 bits per heavy atom. The first kappa shape index (κ1) is 10.7. The molecule has 0 aliphatic carbocycles. The third-order valence-electron chi connectivity index (χ3n) is 2.20. The van der Waals surface area contributed by atoms with Crippen molar-refractivity contribution in [1.82, 2.24) is 4.98 Å². The standard InChI is InChI=1S/C13H7ClFN/c1-2-9-5-6-16-8-12(9)11-4-3-10(14)7-13(11)15/h1,3-8H. The van der Waals surface area contributed by atoms with E-state index >= 15 is 0 Å². The molecule has 0 atom stereocenters. The van der Waals surface area contributed by atoms with Gasteiger partial charge in [0.1, 0.15) is 5.82 Å². The minimum atomic E-state index is -0.406. The molecule has 0 radical (unpaired) electrons. The van der Waals surface area contributed by atoms with Crippen LogP contribution in [0.4, 0.5) is 4.39 Å². The number of terminal acetylenes is 1. The zero-order valence-corrected chi connectivity index (χ0v) is 9.00. The monoisotopic (exact) mass is 231 g/mol. The van der Waals surface area contributed by atoms with Crippen LogP contribution in [-0.4, -0.2) is 4.98 Å². The quantitative estimate of drug-likeness (QED) is 0.685. The molecule has 0 saturated heterocycles. The van der Waals surface area contributed by atoms with Crippen molar-refractivity contribution in [3.63, 3.8) is 0 Å². The van der Waals surface area contributed by atoms with Crippen LogP contribution in [0.15, 0.2) is 36.7 Å². The number of halogens is 2. The Labute approximate surface area is 97.9 Å². The predicted octanol–water partition coefficient (Wildman–Crippen LogP) is 3.52. The van der Waals surface area contributed by atoms with Gasteiger partial charge in [0.25, 0.3) is 0 Å². The highest BCUT2D eigenvalue weighted by Crippen LogP contribution is 2.27. The number of rotatable bonds is 1. The van der Waals surface area contributed by atoms with E-state index in [9.17, 15) is 4.39 Å². The second-order valence-electron chi connectivity index (χ2n) is 3.19. The molecule has 3 heteroatoms. The molecule has 0 fully saturated rings. The highest BCUT2D eigenvalue weighted by molar-refractivity contribution is 6.30. The molecule has 2 rings (SSSR count). The maximum atomic E-state index is 13.7. The highest BCUT2D eigenvalue weighted by Gasteiger charge is 2.09. The van der Waals surface area contributed by atoms with Crippen molar-refractivity contribution in [2.45, 2.75) is 0 Å². The van der Waals surface area contributed by atoms with Crippen molar-refractivity contribution in [2.75, 3.05) is 0 Å². The molecule has 0 spiro atoms. The largest absolute Gasteiger partial charge is 0.264 e. The zero-order chi connectivity index (χ0) is 11.5. The van der Waals surface area contributed by atoms with Crippen LogP contribution < -0.4 is 0 Å². The number of hydrogen-bond acceptors (Lipinski definition) is 1. The zero-order valence-electron chi connectivity index (χ0n) is 8.24. The molecule has 0 saturated carbocycles. The molecule has 1 aromatic heterocycles. The van der Waals surface area contributed by atoms with Crippen molar-refractivity contribution in [1.29, 1.82) is 0 Å². The van der Waals surface area contributed by atoms with Crippen LogP contribution in [0.3, 0.4) is 0 Å². The molecule has 0 aliphatic heterocycles. The first-order valence-corrected chi connectivity index (χ1v) is 4.96. The van der Waals surface area contributed by atoms with E-state index in [1.807, 2.05) is 0 Å². The minimum absolute atomic E-state index is 0.354. The van der Waals surface area contributed by atoms with Crippen LogP contribution in [-0.2, 0) is 0 Å². The van der Waals surface area contributed by atoms with Gasteiger partial charge in [-0.2, -0.15) is 0 Å². The van der Waals surface area contributed by atoms with Crippen LogP contribution >= 0.6 is 11.6 Å². The molecule has 0 N–H and O–H groups in total. The lowest BCUT2D eigenvalue weighted by Gasteiger charge is -2.05. The summed E-state index contributed by atoms with van der Waals surface area (Å²) < 4.78 is 13.7. The van der Waals surface area contributed by atoms with Crippen molar-refractivity contribution in [3.8, 4) is 23.5 Å². The van der Waals surface area contributed by atoms with Crippen molar-refractivity contribution < 1.29 is 4.39 Å². The molecule has 0 aliphatic rings. The van der Waals surface area contributed by atoms with Crippen molar-refractivity contribution in [3.05, 3.63) is 53.1 Å². The van der Waals surface area contributed by atoms with Gasteiger partial charge in [0, 0.05) is 34.1 Å². The first-order valence-electron chi connectivity index (χ1n) is 4.58. The van der Waals surface area contributed by atoms with E-state index < -0.39 is 5.82 Å². The summed E-state index contributed by atoms with van der Waals surface area (Å²) in [6, 6.07) is 6.14. The Bertz CT molecular complexity index is 572. The third-order valence-corrected chi connectivity index (χ3v) is 2.43. The molecule has 0 bridgehead atoms. The van der Waals surface area contributed by atoms with E-state index in [0.29, 0.717) is 21.7 Å². The van der Waals surface area contributed by atoms with Crippen LogP contribution in [0.5, 0.6) is 0 Å². The average Bonchev–Trinajstić information content (AvgIpc) is 2.29. The molecule has 16 heavy (non-hydrogen) atoms. The Kier molecular flexibility index (Phi) is 2.89. The number of benzene rings is 1. The summed E-state index contributed by atoms with van der Waals surface area (Å²) in [6.45, 7) is 0. The van der Waals surface area contributed by atoms with Gasteiger partial charge in [0.2, 0.25) is 0 Å². The third kappa shape index (κ3) is 1.91. The van der Waals surface area contributed by atoms with E-state index in [1.165, 1.54) is 6.07 Å². The number of aromatic nitrogens is 1. The lowest BCUT2D eigenvalue weighted by molar-refractivity contribution is 0.631. The minimum Gasteiger partial charge on any atom is -0.264 e. The fraction of sp³-hybridized carbons (Fsp3) is 0. The molecular formula is C13H7ClFN. The van der Waals surface area contributed by atoms with Gasteiger partial charge in [-0.3, -0.25) is 4.98 Å². The van der Waals surface area contributed by atoms with Gasteiger partial charge >= 0.3 is 0 Å². The highest BCUT2D eigenvalue weighted by atomic mass is 35.5. The summed E-state index contributed by atoms with van der Waals surface area (Å²) in [5.41, 5.74) is 1.61. The van der Waals surface area contributed by atoms with Gasteiger partial charge in [-0.25, -0.2) is 4.39 Å². The fourth-order valence-corrected chi connectivity index (χ4v) is 1.60. The summed E-state index contributed by atoms with van der Waals surface area (Å²) in [7, 11) is 0. The molecule has 1 nitrogen and oxygen atoms in total. The van der Waals surface area contributed by atoms with E-state index in [0.717, 1.165) is 0 Å². The van der Waals surface area contributed by atoms with Crippen LogP contribution in [0.2, 0.25) is 5.02 Å². The second kappa shape index (κ2) is 4.34. The smallest absolute Gasteiger partial charge is 0.132 e. The van der Waals surface area contributed by atoms with Gasteiger partial charge in [-0.05, 0) is 24.3 Å². The summed E-state index contributed by atoms with van der Waals surface area (Å²) in [5.74, 6) is 2.09. The van der Waals surface area contributed by atoms with E-state index in [2.05, 4.69) is 10.9 Å². The molecule has 0 amide bonds. The molecule has 2 aromatic rings. The van der Waals surface area contributed by atoms with Crippen molar-refractivity contribution in [2.24, 2.45) is 0 Å². The van der Waals surface area contributed by atoms with Crippen molar-refractivity contribution >= 4 is 11.6 Å². The first-order chi connectivity index (χ1) is 7.72. The maximum Gasteiger partial charge on any atom is 0.132 e. The summed E-state index contributed by atoms with van der Waals surface area (Å²) in [5, 5.41) is 0.354. The average molecular weight is 232 g/mol. The Balaban J connectivity index is 2.64. The topological polar surface area (TPSA) is 12.9 Å². The normalized spacial score (nSPS) is 9.81. The predicted molar refractivity (Wildman–Crippen MR) is 62.6 cm³/mol. The molecule has 1 aromatic carbocycles.